The average molecular weight is 240 g/mol. The third-order valence-electron chi connectivity index (χ3n) is 3.32. The summed E-state index contributed by atoms with van der Waals surface area (Å²) in [6.07, 6.45) is 0.0684. The molecule has 4 heteroatoms. The van der Waals surface area contributed by atoms with Gasteiger partial charge < -0.3 is 10.2 Å². The van der Waals surface area contributed by atoms with Crippen molar-refractivity contribution in [3.8, 4) is 0 Å². The van der Waals surface area contributed by atoms with E-state index in [2.05, 4.69) is 0 Å². The Kier molecular flexibility index (Phi) is 3.88. The molecule has 1 aromatic rings. The van der Waals surface area contributed by atoms with Gasteiger partial charge >= 0.3 is 5.97 Å². The molecule has 0 amide bonds. The molecular formula is C13H17FO3. The van der Waals surface area contributed by atoms with Gasteiger partial charge in [-0.3, -0.25) is 0 Å². The second kappa shape index (κ2) is 4.84. The molecule has 0 fully saturated rings. The van der Waals surface area contributed by atoms with E-state index in [0.717, 1.165) is 0 Å². The Morgan fingerprint density at radius 2 is 2.12 bits per heavy atom. The molecular weight excluding hydrogens is 223 g/mol. The Balaban J connectivity index is 3.14. The van der Waals surface area contributed by atoms with Crippen molar-refractivity contribution in [2.24, 2.45) is 0 Å². The van der Waals surface area contributed by atoms with Gasteiger partial charge in [-0.25, -0.2) is 9.18 Å². The molecule has 94 valence electrons. The van der Waals surface area contributed by atoms with Crippen LogP contribution in [0.3, 0.4) is 0 Å². The molecule has 0 saturated heterocycles. The van der Waals surface area contributed by atoms with E-state index >= 15 is 0 Å². The maximum Gasteiger partial charge on any atom is 0.336 e. The van der Waals surface area contributed by atoms with Crippen LogP contribution in [0.25, 0.3) is 0 Å². The molecule has 0 heterocycles. The predicted molar refractivity (Wildman–Crippen MR) is 62.4 cm³/mol. The highest BCUT2D eigenvalue weighted by molar-refractivity contribution is 5.78. The SMILES string of the molecule is CCC(O)(C(=O)O)C(C)c1ccc(C)c(F)c1. The fraction of sp³-hybridized carbons (Fsp3) is 0.462. The van der Waals surface area contributed by atoms with Crippen LogP contribution in [0.2, 0.25) is 0 Å². The molecule has 0 aliphatic rings. The Bertz CT molecular complexity index is 431. The van der Waals surface area contributed by atoms with Gasteiger partial charge in [0.1, 0.15) is 5.82 Å². The van der Waals surface area contributed by atoms with Crippen LogP contribution in [0.4, 0.5) is 4.39 Å². The lowest BCUT2D eigenvalue weighted by Gasteiger charge is -2.29. The van der Waals surface area contributed by atoms with E-state index in [-0.39, 0.29) is 6.42 Å². The molecule has 2 unspecified atom stereocenters. The van der Waals surface area contributed by atoms with E-state index in [1.807, 2.05) is 0 Å². The quantitative estimate of drug-likeness (QED) is 0.850. The van der Waals surface area contributed by atoms with Crippen molar-refractivity contribution >= 4 is 5.97 Å². The van der Waals surface area contributed by atoms with Crippen LogP contribution >= 0.6 is 0 Å². The Hall–Kier alpha value is -1.42. The van der Waals surface area contributed by atoms with Crippen LogP contribution < -0.4 is 0 Å². The van der Waals surface area contributed by atoms with E-state index < -0.39 is 23.3 Å². The van der Waals surface area contributed by atoms with Crippen molar-refractivity contribution in [2.75, 3.05) is 0 Å². The molecule has 2 N–H and O–H groups in total. The second-order valence-electron chi connectivity index (χ2n) is 4.31. The minimum Gasteiger partial charge on any atom is -0.479 e. The lowest BCUT2D eigenvalue weighted by molar-refractivity contribution is -0.161. The van der Waals surface area contributed by atoms with Gasteiger partial charge in [-0.2, -0.15) is 0 Å². The van der Waals surface area contributed by atoms with Gasteiger partial charge in [-0.15, -0.1) is 0 Å². The Morgan fingerprint density at radius 3 is 2.53 bits per heavy atom. The van der Waals surface area contributed by atoms with Crippen LogP contribution in [-0.2, 0) is 4.79 Å². The summed E-state index contributed by atoms with van der Waals surface area (Å²) in [6, 6.07) is 4.51. The molecule has 0 bridgehead atoms. The summed E-state index contributed by atoms with van der Waals surface area (Å²) in [5, 5.41) is 19.1. The number of hydrogen-bond donors (Lipinski definition) is 2. The molecule has 0 radical (unpaired) electrons. The summed E-state index contributed by atoms with van der Waals surface area (Å²) in [5.41, 5.74) is -0.877. The van der Waals surface area contributed by atoms with E-state index in [1.54, 1.807) is 32.9 Å². The number of benzene rings is 1. The molecule has 0 aromatic heterocycles. The molecule has 0 saturated carbocycles. The number of aliphatic hydroxyl groups is 1. The highest BCUT2D eigenvalue weighted by Gasteiger charge is 2.40. The standard InChI is InChI=1S/C13H17FO3/c1-4-13(17,12(15)16)9(3)10-6-5-8(2)11(14)7-10/h5-7,9,17H,4H2,1-3H3,(H,15,16). The first-order chi connectivity index (χ1) is 7.82. The van der Waals surface area contributed by atoms with Gasteiger partial charge in [0.15, 0.2) is 5.60 Å². The zero-order valence-corrected chi connectivity index (χ0v) is 10.2. The van der Waals surface area contributed by atoms with E-state index in [9.17, 15) is 14.3 Å². The van der Waals surface area contributed by atoms with Gasteiger partial charge in [0.25, 0.3) is 0 Å². The monoisotopic (exact) mass is 240 g/mol. The predicted octanol–water partition coefficient (Wildman–Crippen LogP) is 2.46. The van der Waals surface area contributed by atoms with Crippen LogP contribution in [0.5, 0.6) is 0 Å². The Morgan fingerprint density at radius 1 is 1.53 bits per heavy atom. The van der Waals surface area contributed by atoms with Crippen molar-refractivity contribution in [3.05, 3.63) is 35.1 Å². The average Bonchev–Trinajstić information content (AvgIpc) is 2.30. The lowest BCUT2D eigenvalue weighted by atomic mass is 9.81. The van der Waals surface area contributed by atoms with E-state index in [0.29, 0.717) is 11.1 Å². The Labute approximate surface area is 99.9 Å². The second-order valence-corrected chi connectivity index (χ2v) is 4.31. The van der Waals surface area contributed by atoms with Crippen molar-refractivity contribution in [1.29, 1.82) is 0 Å². The minimum absolute atomic E-state index is 0.0684. The van der Waals surface area contributed by atoms with Crippen molar-refractivity contribution < 1.29 is 19.4 Å². The number of halogens is 1. The van der Waals surface area contributed by atoms with Crippen LogP contribution in [0, 0.1) is 12.7 Å². The van der Waals surface area contributed by atoms with Gasteiger partial charge in [0.05, 0.1) is 0 Å². The van der Waals surface area contributed by atoms with Gasteiger partial charge in [-0.05, 0) is 30.5 Å². The molecule has 1 aromatic carbocycles. The topological polar surface area (TPSA) is 57.5 Å². The molecule has 1 rings (SSSR count). The summed E-state index contributed by atoms with van der Waals surface area (Å²) in [4.78, 5) is 11.1. The van der Waals surface area contributed by atoms with Crippen LogP contribution in [0.15, 0.2) is 18.2 Å². The highest BCUT2D eigenvalue weighted by atomic mass is 19.1. The number of rotatable bonds is 4. The number of aryl methyl sites for hydroxylation is 1. The number of carboxylic acids is 1. The summed E-state index contributed by atoms with van der Waals surface area (Å²) in [5.74, 6) is -2.34. The number of carbonyl (C=O) groups is 1. The third-order valence-corrected chi connectivity index (χ3v) is 3.32. The van der Waals surface area contributed by atoms with Crippen molar-refractivity contribution in [3.63, 3.8) is 0 Å². The third kappa shape index (κ3) is 2.47. The highest BCUT2D eigenvalue weighted by Crippen LogP contribution is 2.31. The van der Waals surface area contributed by atoms with Gasteiger partial charge in [0.2, 0.25) is 0 Å². The van der Waals surface area contributed by atoms with E-state index in [4.69, 9.17) is 5.11 Å². The summed E-state index contributed by atoms with van der Waals surface area (Å²) < 4.78 is 13.4. The molecule has 0 aliphatic heterocycles. The molecule has 0 spiro atoms. The number of aliphatic carboxylic acids is 1. The molecule has 3 nitrogen and oxygen atoms in total. The zero-order chi connectivity index (χ0) is 13.2. The molecule has 17 heavy (non-hydrogen) atoms. The number of carboxylic acid groups (broad SMARTS) is 1. The first-order valence-corrected chi connectivity index (χ1v) is 5.54. The lowest BCUT2D eigenvalue weighted by Crippen LogP contribution is -2.42. The first kappa shape index (κ1) is 13.6. The maximum atomic E-state index is 13.4. The van der Waals surface area contributed by atoms with Crippen LogP contribution in [0.1, 0.15) is 37.3 Å². The summed E-state index contributed by atoms with van der Waals surface area (Å²) in [7, 11) is 0. The van der Waals surface area contributed by atoms with Gasteiger partial charge in [0, 0.05) is 5.92 Å². The summed E-state index contributed by atoms with van der Waals surface area (Å²) in [6.45, 7) is 4.81. The fourth-order valence-electron chi connectivity index (χ4n) is 1.80. The normalized spacial score (nSPS) is 16.3. The fourth-order valence-corrected chi connectivity index (χ4v) is 1.80. The van der Waals surface area contributed by atoms with E-state index in [1.165, 1.54) is 6.07 Å². The summed E-state index contributed by atoms with van der Waals surface area (Å²) >= 11 is 0. The van der Waals surface area contributed by atoms with Crippen LogP contribution in [-0.4, -0.2) is 21.8 Å². The first-order valence-electron chi connectivity index (χ1n) is 5.54. The maximum absolute atomic E-state index is 13.4. The zero-order valence-electron chi connectivity index (χ0n) is 10.2. The minimum atomic E-state index is -1.86. The molecule has 2 atom stereocenters. The van der Waals surface area contributed by atoms with Gasteiger partial charge in [-0.1, -0.05) is 26.0 Å². The molecule has 0 aliphatic carbocycles. The largest absolute Gasteiger partial charge is 0.479 e. The smallest absolute Gasteiger partial charge is 0.336 e. The van der Waals surface area contributed by atoms with Crippen molar-refractivity contribution in [2.45, 2.75) is 38.7 Å². The van der Waals surface area contributed by atoms with Crippen molar-refractivity contribution in [1.82, 2.24) is 0 Å². The number of hydrogen-bond acceptors (Lipinski definition) is 2.